The number of alkyl halides is 1. The van der Waals surface area contributed by atoms with Crippen molar-refractivity contribution in [3.05, 3.63) is 39.4 Å². The number of nitro benzene ring substituents is 1. The number of benzene rings is 1. The molecule has 1 aromatic carbocycles. The van der Waals surface area contributed by atoms with Crippen molar-refractivity contribution < 1.29 is 23.2 Å². The molecule has 0 radical (unpaired) electrons. The second kappa shape index (κ2) is 6.42. The van der Waals surface area contributed by atoms with Crippen molar-refractivity contribution >= 4 is 23.3 Å². The lowest BCUT2D eigenvalue weighted by molar-refractivity contribution is -0.387. The van der Waals surface area contributed by atoms with Crippen LogP contribution >= 0.6 is 11.6 Å². The van der Waals surface area contributed by atoms with Gasteiger partial charge in [-0.25, -0.2) is 4.39 Å². The van der Waals surface area contributed by atoms with Gasteiger partial charge in [-0.3, -0.25) is 14.9 Å². The Balaban J connectivity index is 2.98. The van der Waals surface area contributed by atoms with Crippen LogP contribution in [0.4, 0.5) is 14.5 Å². The van der Waals surface area contributed by atoms with Crippen LogP contribution in [0.25, 0.3) is 0 Å². The summed E-state index contributed by atoms with van der Waals surface area (Å²) in [5.41, 5.74) is -1.09. The Kier molecular flexibility index (Phi) is 5.17. The smallest absolute Gasteiger partial charge is 0.324 e. The van der Waals surface area contributed by atoms with E-state index in [0.717, 1.165) is 6.07 Å². The maximum Gasteiger partial charge on any atom is 0.324 e. The van der Waals surface area contributed by atoms with Crippen molar-refractivity contribution in [2.75, 3.05) is 6.61 Å². The number of carbonyl (C=O) groups excluding carboxylic acids is 1. The second-order valence-corrected chi connectivity index (χ2v) is 4.10. The molecule has 0 saturated carbocycles. The van der Waals surface area contributed by atoms with E-state index in [1.807, 2.05) is 0 Å². The molecule has 0 aliphatic heterocycles. The Labute approximate surface area is 112 Å². The Morgan fingerprint density at radius 2 is 2.11 bits per heavy atom. The van der Waals surface area contributed by atoms with Gasteiger partial charge in [0.15, 0.2) is 0 Å². The third-order valence-corrected chi connectivity index (χ3v) is 2.59. The lowest BCUT2D eigenvalue weighted by Gasteiger charge is -2.09. The minimum atomic E-state index is -1.28. The third kappa shape index (κ3) is 3.85. The highest BCUT2D eigenvalue weighted by Crippen LogP contribution is 2.23. The Morgan fingerprint density at radius 1 is 1.47 bits per heavy atom. The molecule has 0 bridgehead atoms. The summed E-state index contributed by atoms with van der Waals surface area (Å²) in [6.45, 7) is 1.68. The van der Waals surface area contributed by atoms with E-state index in [1.165, 1.54) is 0 Å². The number of hydrogen-bond acceptors (Lipinski definition) is 4. The van der Waals surface area contributed by atoms with Crippen LogP contribution in [0, 0.1) is 21.7 Å². The summed E-state index contributed by atoms with van der Waals surface area (Å²) in [5, 5.41) is 9.33. The zero-order valence-corrected chi connectivity index (χ0v) is 10.6. The van der Waals surface area contributed by atoms with Crippen LogP contribution in [0.5, 0.6) is 0 Å². The minimum Gasteiger partial charge on any atom is -0.465 e. The van der Waals surface area contributed by atoms with Gasteiger partial charge in [-0.15, -0.1) is 11.6 Å². The lowest BCUT2D eigenvalue weighted by Crippen LogP contribution is -2.20. The summed E-state index contributed by atoms with van der Waals surface area (Å²) in [7, 11) is 0. The molecule has 5 nitrogen and oxygen atoms in total. The van der Waals surface area contributed by atoms with Crippen LogP contribution in [-0.4, -0.2) is 22.9 Å². The molecule has 0 amide bonds. The highest BCUT2D eigenvalue weighted by atomic mass is 35.5. The van der Waals surface area contributed by atoms with Gasteiger partial charge < -0.3 is 4.74 Å². The highest BCUT2D eigenvalue weighted by molar-refractivity contribution is 6.30. The largest absolute Gasteiger partial charge is 0.465 e. The van der Waals surface area contributed by atoms with Gasteiger partial charge in [-0.05, 0) is 12.5 Å². The summed E-state index contributed by atoms with van der Waals surface area (Å²) in [6, 6.07) is 1.11. The summed E-state index contributed by atoms with van der Waals surface area (Å²) in [5.74, 6) is -3.05. The number of ether oxygens (including phenoxy) is 1. The first-order valence-corrected chi connectivity index (χ1v) is 5.73. The van der Waals surface area contributed by atoms with Crippen molar-refractivity contribution in [2.45, 2.75) is 18.7 Å². The van der Waals surface area contributed by atoms with Crippen molar-refractivity contribution in [2.24, 2.45) is 0 Å². The molecule has 1 aromatic rings. The fourth-order valence-corrected chi connectivity index (χ4v) is 1.62. The normalized spacial score (nSPS) is 12.0. The quantitative estimate of drug-likeness (QED) is 0.362. The fraction of sp³-hybridized carbons (Fsp3) is 0.364. The Hall–Kier alpha value is -1.76. The number of carbonyl (C=O) groups is 1. The number of hydrogen-bond donors (Lipinski definition) is 0. The molecule has 104 valence electrons. The standard InChI is InChI=1S/C11H10ClF2NO4/c1-2-19-11(16)7(12)3-6-4-10(15(17)18)9(14)5-8(6)13/h4-5,7H,2-3H2,1H3. The van der Waals surface area contributed by atoms with Gasteiger partial charge in [0.05, 0.1) is 11.5 Å². The van der Waals surface area contributed by atoms with Crippen molar-refractivity contribution in [3.8, 4) is 0 Å². The lowest BCUT2D eigenvalue weighted by atomic mass is 10.1. The number of nitrogens with zero attached hydrogens (tertiary/aromatic N) is 1. The second-order valence-electron chi connectivity index (χ2n) is 3.58. The number of nitro groups is 1. The van der Waals surface area contributed by atoms with E-state index in [-0.39, 0.29) is 18.6 Å². The van der Waals surface area contributed by atoms with Crippen LogP contribution < -0.4 is 0 Å². The molecule has 0 N–H and O–H groups in total. The van der Waals surface area contributed by atoms with Crippen molar-refractivity contribution in [1.82, 2.24) is 0 Å². The summed E-state index contributed by atoms with van der Waals surface area (Å²) in [6.07, 6.45) is -0.326. The topological polar surface area (TPSA) is 69.4 Å². The summed E-state index contributed by atoms with van der Waals surface area (Å²) < 4.78 is 31.1. The van der Waals surface area contributed by atoms with Gasteiger partial charge in [0.1, 0.15) is 11.2 Å². The number of esters is 1. The van der Waals surface area contributed by atoms with E-state index in [9.17, 15) is 23.7 Å². The average molecular weight is 294 g/mol. The molecule has 0 aliphatic rings. The monoisotopic (exact) mass is 293 g/mol. The van der Waals surface area contributed by atoms with Gasteiger partial charge in [-0.2, -0.15) is 4.39 Å². The maximum absolute atomic E-state index is 13.4. The molecular weight excluding hydrogens is 284 g/mol. The predicted molar refractivity (Wildman–Crippen MR) is 63.0 cm³/mol. The van der Waals surface area contributed by atoms with E-state index in [1.54, 1.807) is 6.92 Å². The number of rotatable bonds is 5. The molecule has 0 fully saturated rings. The SMILES string of the molecule is CCOC(=O)C(Cl)Cc1cc([N+](=O)[O-])c(F)cc1F. The molecule has 8 heteroatoms. The molecule has 0 saturated heterocycles. The first-order valence-electron chi connectivity index (χ1n) is 5.29. The van der Waals surface area contributed by atoms with E-state index in [0.29, 0.717) is 6.07 Å². The van der Waals surface area contributed by atoms with Crippen LogP contribution in [0.1, 0.15) is 12.5 Å². The Morgan fingerprint density at radius 3 is 2.63 bits per heavy atom. The predicted octanol–water partition coefficient (Wildman–Crippen LogP) is 2.59. The number of halogens is 3. The molecule has 1 rings (SSSR count). The van der Waals surface area contributed by atoms with E-state index >= 15 is 0 Å². The zero-order chi connectivity index (χ0) is 14.6. The van der Waals surface area contributed by atoms with Crippen molar-refractivity contribution in [3.63, 3.8) is 0 Å². The molecule has 1 unspecified atom stereocenters. The van der Waals surface area contributed by atoms with Crippen LogP contribution in [0.2, 0.25) is 0 Å². The fourth-order valence-electron chi connectivity index (χ4n) is 1.39. The highest BCUT2D eigenvalue weighted by Gasteiger charge is 2.23. The van der Waals surface area contributed by atoms with E-state index < -0.39 is 33.6 Å². The molecular formula is C11H10ClF2NO4. The van der Waals surface area contributed by atoms with Gasteiger partial charge in [0.2, 0.25) is 5.82 Å². The molecule has 0 heterocycles. The summed E-state index contributed by atoms with van der Waals surface area (Å²) in [4.78, 5) is 20.8. The molecule has 0 spiro atoms. The van der Waals surface area contributed by atoms with Gasteiger partial charge in [0, 0.05) is 18.6 Å². The third-order valence-electron chi connectivity index (χ3n) is 2.25. The van der Waals surface area contributed by atoms with Crippen LogP contribution in [0.3, 0.4) is 0 Å². The first kappa shape index (κ1) is 15.3. The Bertz CT molecular complexity index is 510. The van der Waals surface area contributed by atoms with Gasteiger partial charge >= 0.3 is 11.7 Å². The van der Waals surface area contributed by atoms with E-state index in [4.69, 9.17) is 11.6 Å². The van der Waals surface area contributed by atoms with Gasteiger partial charge in [0.25, 0.3) is 0 Å². The van der Waals surface area contributed by atoms with E-state index in [2.05, 4.69) is 4.74 Å². The molecule has 19 heavy (non-hydrogen) atoms. The maximum atomic E-state index is 13.4. The van der Waals surface area contributed by atoms with Crippen LogP contribution in [-0.2, 0) is 16.0 Å². The zero-order valence-electron chi connectivity index (χ0n) is 9.86. The minimum absolute atomic E-state index is 0.105. The molecule has 1 atom stereocenters. The van der Waals surface area contributed by atoms with Crippen LogP contribution in [0.15, 0.2) is 12.1 Å². The molecule has 0 aliphatic carbocycles. The average Bonchev–Trinajstić information content (AvgIpc) is 2.32. The summed E-state index contributed by atoms with van der Waals surface area (Å²) >= 11 is 5.68. The molecule has 0 aromatic heterocycles. The van der Waals surface area contributed by atoms with Gasteiger partial charge in [-0.1, -0.05) is 0 Å². The van der Waals surface area contributed by atoms with Crippen molar-refractivity contribution in [1.29, 1.82) is 0 Å². The first-order chi connectivity index (χ1) is 8.86.